The molecule has 0 aromatic heterocycles. The summed E-state index contributed by atoms with van der Waals surface area (Å²) in [4.78, 5) is 2.12. The Bertz CT molecular complexity index is 359. The summed E-state index contributed by atoms with van der Waals surface area (Å²) in [5, 5.41) is 0.437. The highest BCUT2D eigenvalue weighted by atomic mass is 35.5. The molecule has 1 rings (SSSR count). The van der Waals surface area contributed by atoms with E-state index in [2.05, 4.69) is 18.7 Å². The van der Waals surface area contributed by atoms with Crippen LogP contribution in [0.4, 0.5) is 4.39 Å². The first kappa shape index (κ1) is 14.4. The average Bonchev–Trinajstić information content (AvgIpc) is 2.14. The Labute approximate surface area is 108 Å². The number of nitrogens with two attached hydrogens (primary N) is 1. The Morgan fingerprint density at radius 3 is 2.53 bits per heavy atom. The van der Waals surface area contributed by atoms with Gasteiger partial charge in [-0.3, -0.25) is 0 Å². The van der Waals surface area contributed by atoms with E-state index in [-0.39, 0.29) is 11.2 Å². The van der Waals surface area contributed by atoms with Gasteiger partial charge in [0.05, 0.1) is 0 Å². The molecule has 0 spiro atoms. The Morgan fingerprint density at radius 2 is 2.00 bits per heavy atom. The molecular weight excluding hydrogens is 239 g/mol. The van der Waals surface area contributed by atoms with E-state index in [4.69, 9.17) is 17.3 Å². The maximum Gasteiger partial charge on any atom is 0.125 e. The standard InChI is InChI=1S/C13H20ClFN2/c1-13(2,8-16)9-17(3)7-10-4-11(14)6-12(15)5-10/h4-6H,7-9,16H2,1-3H3. The molecule has 0 amide bonds. The van der Waals surface area contributed by atoms with Gasteiger partial charge in [0, 0.05) is 18.1 Å². The van der Waals surface area contributed by atoms with Crippen molar-refractivity contribution in [1.82, 2.24) is 4.90 Å². The van der Waals surface area contributed by atoms with Gasteiger partial charge in [-0.15, -0.1) is 0 Å². The number of benzene rings is 1. The van der Waals surface area contributed by atoms with Crippen molar-refractivity contribution in [2.24, 2.45) is 11.1 Å². The van der Waals surface area contributed by atoms with E-state index < -0.39 is 0 Å². The van der Waals surface area contributed by atoms with Crippen LogP contribution in [0.1, 0.15) is 19.4 Å². The summed E-state index contributed by atoms with van der Waals surface area (Å²) in [5.74, 6) is -0.293. The van der Waals surface area contributed by atoms with Gasteiger partial charge in [-0.2, -0.15) is 0 Å². The summed E-state index contributed by atoms with van der Waals surface area (Å²) in [5.41, 5.74) is 6.63. The summed E-state index contributed by atoms with van der Waals surface area (Å²) in [6.45, 7) is 6.38. The van der Waals surface area contributed by atoms with Gasteiger partial charge in [0.15, 0.2) is 0 Å². The van der Waals surface area contributed by atoms with Gasteiger partial charge in [-0.1, -0.05) is 25.4 Å². The molecular formula is C13H20ClFN2. The van der Waals surface area contributed by atoms with E-state index >= 15 is 0 Å². The predicted molar refractivity (Wildman–Crippen MR) is 70.6 cm³/mol. The second kappa shape index (κ2) is 5.80. The second-order valence-electron chi connectivity index (χ2n) is 5.32. The molecule has 0 radical (unpaired) electrons. The minimum absolute atomic E-state index is 0.0614. The summed E-state index contributed by atoms with van der Waals surface area (Å²) < 4.78 is 13.2. The molecule has 0 heterocycles. The minimum Gasteiger partial charge on any atom is -0.330 e. The fourth-order valence-corrected chi connectivity index (χ4v) is 2.11. The van der Waals surface area contributed by atoms with Crippen LogP contribution < -0.4 is 5.73 Å². The van der Waals surface area contributed by atoms with E-state index in [1.165, 1.54) is 12.1 Å². The Balaban J connectivity index is 2.65. The van der Waals surface area contributed by atoms with Crippen LogP contribution in [0.2, 0.25) is 5.02 Å². The second-order valence-corrected chi connectivity index (χ2v) is 5.75. The summed E-state index contributed by atoms with van der Waals surface area (Å²) in [6, 6.07) is 4.61. The van der Waals surface area contributed by atoms with E-state index in [0.717, 1.165) is 12.1 Å². The number of halogens is 2. The SMILES string of the molecule is CN(Cc1cc(F)cc(Cl)c1)CC(C)(C)CN. The molecule has 96 valence electrons. The number of hydrogen-bond donors (Lipinski definition) is 1. The number of rotatable bonds is 5. The first-order valence-corrected chi connectivity index (χ1v) is 6.04. The maximum absolute atomic E-state index is 13.2. The third-order valence-corrected chi connectivity index (χ3v) is 2.84. The van der Waals surface area contributed by atoms with Crippen LogP contribution >= 0.6 is 11.6 Å². The van der Waals surface area contributed by atoms with Gasteiger partial charge in [-0.25, -0.2) is 4.39 Å². The van der Waals surface area contributed by atoms with Crippen LogP contribution in [0.15, 0.2) is 18.2 Å². The third-order valence-electron chi connectivity index (χ3n) is 2.63. The quantitative estimate of drug-likeness (QED) is 0.880. The van der Waals surface area contributed by atoms with Crippen molar-refractivity contribution in [1.29, 1.82) is 0 Å². The zero-order valence-electron chi connectivity index (χ0n) is 10.6. The molecule has 1 aromatic carbocycles. The van der Waals surface area contributed by atoms with E-state index in [1.807, 2.05) is 7.05 Å². The first-order chi connectivity index (χ1) is 7.82. The van der Waals surface area contributed by atoms with E-state index in [1.54, 1.807) is 6.07 Å². The molecule has 0 bridgehead atoms. The highest BCUT2D eigenvalue weighted by Gasteiger charge is 2.18. The van der Waals surface area contributed by atoms with Crippen LogP contribution in [0.3, 0.4) is 0 Å². The molecule has 0 atom stereocenters. The molecule has 0 unspecified atom stereocenters. The van der Waals surface area contributed by atoms with Crippen molar-refractivity contribution >= 4 is 11.6 Å². The lowest BCUT2D eigenvalue weighted by Crippen LogP contribution is -2.36. The summed E-state index contributed by atoms with van der Waals surface area (Å²) >= 11 is 5.82. The first-order valence-electron chi connectivity index (χ1n) is 5.66. The van der Waals surface area contributed by atoms with Crippen LogP contribution in [0.5, 0.6) is 0 Å². The van der Waals surface area contributed by atoms with Gasteiger partial charge in [0.1, 0.15) is 5.82 Å². The summed E-state index contributed by atoms with van der Waals surface area (Å²) in [6.07, 6.45) is 0. The monoisotopic (exact) mass is 258 g/mol. The fourth-order valence-electron chi connectivity index (χ4n) is 1.87. The van der Waals surface area contributed by atoms with Crippen molar-refractivity contribution in [3.63, 3.8) is 0 Å². The smallest absolute Gasteiger partial charge is 0.125 e. The van der Waals surface area contributed by atoms with Gasteiger partial charge < -0.3 is 10.6 Å². The number of hydrogen-bond acceptors (Lipinski definition) is 2. The van der Waals surface area contributed by atoms with Crippen molar-refractivity contribution in [3.05, 3.63) is 34.6 Å². The van der Waals surface area contributed by atoms with Crippen LogP contribution in [-0.2, 0) is 6.54 Å². The van der Waals surface area contributed by atoms with Crippen molar-refractivity contribution in [3.8, 4) is 0 Å². The predicted octanol–water partition coefficient (Wildman–Crippen LogP) is 2.90. The average molecular weight is 259 g/mol. The summed E-state index contributed by atoms with van der Waals surface area (Å²) in [7, 11) is 2.00. The lowest BCUT2D eigenvalue weighted by atomic mass is 9.93. The Kier molecular flexibility index (Phi) is 4.92. The van der Waals surface area contributed by atoms with Crippen LogP contribution in [0.25, 0.3) is 0 Å². The lowest BCUT2D eigenvalue weighted by Gasteiger charge is -2.29. The third kappa shape index (κ3) is 5.02. The van der Waals surface area contributed by atoms with E-state index in [9.17, 15) is 4.39 Å². The lowest BCUT2D eigenvalue weighted by molar-refractivity contribution is 0.210. The van der Waals surface area contributed by atoms with Gasteiger partial charge in [0.25, 0.3) is 0 Å². The number of nitrogens with zero attached hydrogens (tertiary/aromatic N) is 1. The van der Waals surface area contributed by atoms with Gasteiger partial charge >= 0.3 is 0 Å². The molecule has 0 fully saturated rings. The topological polar surface area (TPSA) is 29.3 Å². The molecule has 4 heteroatoms. The van der Waals surface area contributed by atoms with Crippen molar-refractivity contribution in [2.75, 3.05) is 20.1 Å². The zero-order valence-corrected chi connectivity index (χ0v) is 11.4. The molecule has 2 N–H and O–H groups in total. The van der Waals surface area contributed by atoms with Crippen molar-refractivity contribution in [2.45, 2.75) is 20.4 Å². The van der Waals surface area contributed by atoms with E-state index in [0.29, 0.717) is 18.1 Å². The Hall–Kier alpha value is -0.640. The zero-order chi connectivity index (χ0) is 13.1. The minimum atomic E-state index is -0.293. The van der Waals surface area contributed by atoms with Gasteiger partial charge in [0.2, 0.25) is 0 Å². The van der Waals surface area contributed by atoms with Crippen LogP contribution in [0, 0.1) is 11.2 Å². The highest BCUT2D eigenvalue weighted by Crippen LogP contribution is 2.18. The molecule has 0 saturated carbocycles. The Morgan fingerprint density at radius 1 is 1.35 bits per heavy atom. The molecule has 0 aliphatic rings. The molecule has 0 aliphatic carbocycles. The van der Waals surface area contributed by atoms with Gasteiger partial charge in [-0.05, 0) is 42.8 Å². The normalized spacial score (nSPS) is 12.2. The molecule has 2 nitrogen and oxygen atoms in total. The molecule has 17 heavy (non-hydrogen) atoms. The molecule has 0 aliphatic heterocycles. The maximum atomic E-state index is 13.2. The highest BCUT2D eigenvalue weighted by molar-refractivity contribution is 6.30. The molecule has 0 saturated heterocycles. The largest absolute Gasteiger partial charge is 0.330 e. The fraction of sp³-hybridized carbons (Fsp3) is 0.538. The van der Waals surface area contributed by atoms with Crippen molar-refractivity contribution < 1.29 is 4.39 Å². The van der Waals surface area contributed by atoms with Crippen LogP contribution in [-0.4, -0.2) is 25.0 Å². The molecule has 1 aromatic rings.